The Morgan fingerprint density at radius 3 is 2.52 bits per heavy atom. The van der Waals surface area contributed by atoms with Crippen LogP contribution in [-0.2, 0) is 13.6 Å². The smallest absolute Gasteiger partial charge is 0.329 e. The van der Waals surface area contributed by atoms with E-state index in [1.165, 1.54) is 4.57 Å². The zero-order valence-electron chi connectivity index (χ0n) is 17.4. The van der Waals surface area contributed by atoms with E-state index in [2.05, 4.69) is 20.5 Å². The summed E-state index contributed by atoms with van der Waals surface area (Å²) in [6, 6.07) is 15.4. The molecule has 2 heterocycles. The molecule has 0 fully saturated rings. The number of hydrogen-bond acceptors (Lipinski definition) is 6. The van der Waals surface area contributed by atoms with Crippen LogP contribution in [0.1, 0.15) is 16.7 Å². The lowest BCUT2D eigenvalue weighted by atomic mass is 10.1. The lowest BCUT2D eigenvalue weighted by Crippen LogP contribution is -2.29. The van der Waals surface area contributed by atoms with E-state index in [9.17, 15) is 9.59 Å². The first-order valence-corrected chi connectivity index (χ1v) is 9.64. The number of imidazole rings is 1. The number of hydrogen-bond donors (Lipinski definition) is 2. The van der Waals surface area contributed by atoms with Crippen LogP contribution in [0.25, 0.3) is 11.2 Å². The Bertz CT molecular complexity index is 1360. The molecule has 9 nitrogen and oxygen atoms in total. The van der Waals surface area contributed by atoms with Crippen LogP contribution in [-0.4, -0.2) is 32.4 Å². The molecule has 2 aromatic carbocycles. The second-order valence-electron chi connectivity index (χ2n) is 7.14. The topological polar surface area (TPSA) is 106 Å². The highest BCUT2D eigenvalue weighted by Crippen LogP contribution is 2.18. The number of methoxy groups -OCH3 is 1. The molecule has 0 spiro atoms. The third-order valence-corrected chi connectivity index (χ3v) is 4.96. The summed E-state index contributed by atoms with van der Waals surface area (Å²) in [4.78, 5) is 31.4. The maximum absolute atomic E-state index is 12.6. The molecule has 0 aliphatic carbocycles. The van der Waals surface area contributed by atoms with E-state index in [0.717, 1.165) is 22.4 Å². The van der Waals surface area contributed by atoms with Crippen molar-refractivity contribution in [3.8, 4) is 5.75 Å². The third-order valence-electron chi connectivity index (χ3n) is 4.96. The van der Waals surface area contributed by atoms with Crippen LogP contribution in [0.4, 0.5) is 5.95 Å². The van der Waals surface area contributed by atoms with Gasteiger partial charge in [0.15, 0.2) is 11.2 Å². The molecule has 0 radical (unpaired) electrons. The van der Waals surface area contributed by atoms with Gasteiger partial charge in [-0.25, -0.2) is 10.2 Å². The summed E-state index contributed by atoms with van der Waals surface area (Å²) in [5.74, 6) is 1.11. The normalized spacial score (nSPS) is 11.3. The summed E-state index contributed by atoms with van der Waals surface area (Å²) in [5, 5.41) is 4.26. The molecule has 0 amide bonds. The van der Waals surface area contributed by atoms with Crippen molar-refractivity contribution >= 4 is 23.3 Å². The van der Waals surface area contributed by atoms with Gasteiger partial charge in [-0.05, 0) is 42.3 Å². The summed E-state index contributed by atoms with van der Waals surface area (Å²) in [6.45, 7) is 2.40. The van der Waals surface area contributed by atoms with Crippen molar-refractivity contribution in [3.63, 3.8) is 0 Å². The summed E-state index contributed by atoms with van der Waals surface area (Å²) < 4.78 is 8.17. The molecule has 0 atom stereocenters. The van der Waals surface area contributed by atoms with Crippen LogP contribution < -0.4 is 21.4 Å². The fourth-order valence-corrected chi connectivity index (χ4v) is 3.20. The molecule has 2 N–H and O–H groups in total. The third kappa shape index (κ3) is 4.11. The minimum atomic E-state index is -0.522. The second kappa shape index (κ2) is 8.31. The molecule has 4 aromatic rings. The Hall–Kier alpha value is -4.14. The maximum atomic E-state index is 12.6. The van der Waals surface area contributed by atoms with Gasteiger partial charge in [0, 0.05) is 7.05 Å². The Kier molecular flexibility index (Phi) is 5.40. The van der Waals surface area contributed by atoms with Crippen LogP contribution >= 0.6 is 0 Å². The van der Waals surface area contributed by atoms with Gasteiger partial charge in [0.2, 0.25) is 5.95 Å². The molecule has 0 bridgehead atoms. The van der Waals surface area contributed by atoms with Gasteiger partial charge in [-0.3, -0.25) is 18.9 Å². The molecule has 9 heteroatoms. The molecule has 2 aromatic heterocycles. The fourth-order valence-electron chi connectivity index (χ4n) is 3.20. The zero-order valence-corrected chi connectivity index (χ0v) is 17.4. The Morgan fingerprint density at radius 2 is 1.84 bits per heavy atom. The minimum Gasteiger partial charge on any atom is -0.497 e. The van der Waals surface area contributed by atoms with E-state index < -0.39 is 11.2 Å². The van der Waals surface area contributed by atoms with Crippen molar-refractivity contribution in [2.24, 2.45) is 12.1 Å². The molecule has 0 unspecified atom stereocenters. The van der Waals surface area contributed by atoms with Crippen LogP contribution in [0, 0.1) is 6.92 Å². The first-order chi connectivity index (χ1) is 15.0. The van der Waals surface area contributed by atoms with Gasteiger partial charge in [0.1, 0.15) is 5.75 Å². The van der Waals surface area contributed by atoms with E-state index in [0.29, 0.717) is 18.0 Å². The summed E-state index contributed by atoms with van der Waals surface area (Å²) >= 11 is 0. The minimum absolute atomic E-state index is 0.281. The number of anilines is 1. The number of nitrogens with one attached hydrogen (secondary N) is 2. The van der Waals surface area contributed by atoms with Crippen molar-refractivity contribution in [2.75, 3.05) is 12.5 Å². The number of rotatable bonds is 6. The van der Waals surface area contributed by atoms with Gasteiger partial charge in [-0.1, -0.05) is 29.8 Å². The SMILES string of the molecule is COc1ccc(/C=N/Nc2nc3c(c(=O)[nH]c(=O)n3C)n2Cc2ccc(C)cc2)cc1. The molecule has 0 saturated heterocycles. The molecule has 0 aliphatic heterocycles. The van der Waals surface area contributed by atoms with Crippen molar-refractivity contribution in [2.45, 2.75) is 13.5 Å². The highest BCUT2D eigenvalue weighted by Gasteiger charge is 2.17. The molecular formula is C22H22N6O3. The number of aromatic nitrogens is 4. The molecule has 0 saturated carbocycles. The predicted octanol–water partition coefficient (Wildman–Crippen LogP) is 2.23. The molecular weight excluding hydrogens is 396 g/mol. The van der Waals surface area contributed by atoms with E-state index >= 15 is 0 Å². The van der Waals surface area contributed by atoms with Crippen LogP contribution in [0.15, 0.2) is 63.2 Å². The van der Waals surface area contributed by atoms with Gasteiger partial charge < -0.3 is 4.74 Å². The Balaban J connectivity index is 1.73. The van der Waals surface area contributed by atoms with Crippen molar-refractivity contribution < 1.29 is 4.74 Å². The van der Waals surface area contributed by atoms with E-state index in [1.807, 2.05) is 55.5 Å². The Morgan fingerprint density at radius 1 is 1.13 bits per heavy atom. The highest BCUT2D eigenvalue weighted by atomic mass is 16.5. The van der Waals surface area contributed by atoms with Crippen LogP contribution in [0.5, 0.6) is 5.75 Å². The highest BCUT2D eigenvalue weighted by molar-refractivity contribution is 5.80. The number of ether oxygens (including phenoxy) is 1. The number of H-pyrrole nitrogens is 1. The number of nitrogens with zero attached hydrogens (tertiary/aromatic N) is 4. The number of fused-ring (bicyclic) bond motifs is 1. The fraction of sp³-hybridized carbons (Fsp3) is 0.182. The Labute approximate surface area is 177 Å². The van der Waals surface area contributed by atoms with E-state index in [4.69, 9.17) is 4.74 Å². The number of benzene rings is 2. The quantitative estimate of drug-likeness (QED) is 0.369. The van der Waals surface area contributed by atoms with Gasteiger partial charge in [-0.2, -0.15) is 10.1 Å². The molecule has 0 aliphatic rings. The van der Waals surface area contributed by atoms with Crippen molar-refractivity contribution in [1.29, 1.82) is 0 Å². The standard InChI is InChI=1S/C22H22N6O3/c1-14-4-6-16(7-5-14)13-28-18-19(27(2)22(30)25-20(18)29)24-21(28)26-23-12-15-8-10-17(31-3)11-9-15/h4-12H,13H2,1-3H3,(H,24,26)(H,25,29,30)/b23-12+. The largest absolute Gasteiger partial charge is 0.497 e. The van der Waals surface area contributed by atoms with E-state index in [1.54, 1.807) is 24.9 Å². The van der Waals surface area contributed by atoms with Crippen LogP contribution in [0.2, 0.25) is 0 Å². The number of aromatic amines is 1. The summed E-state index contributed by atoms with van der Waals surface area (Å²) in [7, 11) is 3.17. The number of aryl methyl sites for hydroxylation is 2. The molecule has 4 rings (SSSR count). The first kappa shape index (κ1) is 20.1. The number of hydrazone groups is 1. The van der Waals surface area contributed by atoms with Gasteiger partial charge in [-0.15, -0.1) is 0 Å². The van der Waals surface area contributed by atoms with E-state index in [-0.39, 0.29) is 5.65 Å². The summed E-state index contributed by atoms with van der Waals surface area (Å²) in [5.41, 5.74) is 5.45. The average Bonchev–Trinajstić information content (AvgIpc) is 3.13. The lowest BCUT2D eigenvalue weighted by molar-refractivity contribution is 0.415. The molecule has 158 valence electrons. The van der Waals surface area contributed by atoms with Gasteiger partial charge >= 0.3 is 5.69 Å². The zero-order chi connectivity index (χ0) is 22.0. The first-order valence-electron chi connectivity index (χ1n) is 9.64. The summed E-state index contributed by atoms with van der Waals surface area (Å²) in [6.07, 6.45) is 1.64. The second-order valence-corrected chi connectivity index (χ2v) is 7.14. The van der Waals surface area contributed by atoms with Gasteiger partial charge in [0.05, 0.1) is 19.9 Å². The lowest BCUT2D eigenvalue weighted by Gasteiger charge is -2.08. The maximum Gasteiger partial charge on any atom is 0.329 e. The van der Waals surface area contributed by atoms with Crippen LogP contribution in [0.3, 0.4) is 0 Å². The predicted molar refractivity (Wildman–Crippen MR) is 120 cm³/mol. The average molecular weight is 418 g/mol. The monoisotopic (exact) mass is 418 g/mol. The molecule has 31 heavy (non-hydrogen) atoms. The van der Waals surface area contributed by atoms with Crippen molar-refractivity contribution in [1.82, 2.24) is 19.1 Å². The van der Waals surface area contributed by atoms with Crippen molar-refractivity contribution in [3.05, 3.63) is 86.1 Å². The van der Waals surface area contributed by atoms with Gasteiger partial charge in [0.25, 0.3) is 5.56 Å².